The zero-order valence-electron chi connectivity index (χ0n) is 12.4. The fourth-order valence-electron chi connectivity index (χ4n) is 2.11. The lowest BCUT2D eigenvalue weighted by Gasteiger charge is -2.07. The van der Waals surface area contributed by atoms with Crippen LogP contribution in [0.4, 0.5) is 0 Å². The molecule has 0 spiro atoms. The van der Waals surface area contributed by atoms with Gasteiger partial charge in [0.2, 0.25) is 0 Å². The minimum absolute atomic E-state index is 0.0205. The van der Waals surface area contributed by atoms with E-state index in [0.717, 1.165) is 30.6 Å². The Kier molecular flexibility index (Phi) is 5.98. The van der Waals surface area contributed by atoms with Crippen LogP contribution in [0.2, 0.25) is 0 Å². The largest absolute Gasteiger partial charge is 0.351 e. The Morgan fingerprint density at radius 1 is 0.857 bits per heavy atom. The molecule has 0 radical (unpaired) electrons. The van der Waals surface area contributed by atoms with Crippen molar-refractivity contribution in [3.63, 3.8) is 0 Å². The lowest BCUT2D eigenvalue weighted by Crippen LogP contribution is -2.32. The van der Waals surface area contributed by atoms with Crippen LogP contribution < -0.4 is 10.6 Å². The van der Waals surface area contributed by atoms with Crippen molar-refractivity contribution in [2.75, 3.05) is 19.6 Å². The number of rotatable bonds is 7. The molecule has 0 aromatic heterocycles. The van der Waals surface area contributed by atoms with Crippen LogP contribution in [0.1, 0.15) is 23.7 Å². The third-order valence-electron chi connectivity index (χ3n) is 3.27. The van der Waals surface area contributed by atoms with Crippen LogP contribution in [-0.2, 0) is 0 Å². The molecule has 1 amide bonds. The maximum atomic E-state index is 12.0. The first-order valence-electron chi connectivity index (χ1n) is 7.45. The van der Waals surface area contributed by atoms with Crippen molar-refractivity contribution in [2.24, 2.45) is 0 Å². The number of carbonyl (C=O) groups excluding carboxylic acids is 1. The van der Waals surface area contributed by atoms with Crippen LogP contribution in [-0.4, -0.2) is 25.5 Å². The molecule has 0 heterocycles. The smallest absolute Gasteiger partial charge is 0.251 e. The molecule has 2 N–H and O–H groups in total. The first-order valence-corrected chi connectivity index (χ1v) is 7.45. The Morgan fingerprint density at radius 2 is 1.52 bits per heavy atom. The summed E-state index contributed by atoms with van der Waals surface area (Å²) < 4.78 is 0. The maximum absolute atomic E-state index is 12.0. The summed E-state index contributed by atoms with van der Waals surface area (Å²) in [4.78, 5) is 12.0. The van der Waals surface area contributed by atoms with E-state index in [0.29, 0.717) is 12.1 Å². The van der Waals surface area contributed by atoms with Gasteiger partial charge in [-0.05, 0) is 36.2 Å². The summed E-state index contributed by atoms with van der Waals surface area (Å²) in [7, 11) is 0. The number of nitrogens with one attached hydrogen (secondary N) is 2. The SMILES string of the molecule is CCCNCCNC(=O)c1ccc(-c2ccccc2)cc1. The van der Waals surface area contributed by atoms with Gasteiger partial charge >= 0.3 is 0 Å². The summed E-state index contributed by atoms with van der Waals surface area (Å²) in [5.41, 5.74) is 2.98. The van der Waals surface area contributed by atoms with Crippen LogP contribution in [0.15, 0.2) is 54.6 Å². The van der Waals surface area contributed by atoms with Crippen molar-refractivity contribution in [1.29, 1.82) is 0 Å². The second kappa shape index (κ2) is 8.22. The molecule has 0 aliphatic heterocycles. The number of hydrogen-bond donors (Lipinski definition) is 2. The fourth-order valence-corrected chi connectivity index (χ4v) is 2.11. The van der Waals surface area contributed by atoms with Gasteiger partial charge in [-0.2, -0.15) is 0 Å². The summed E-state index contributed by atoms with van der Waals surface area (Å²) >= 11 is 0. The molecule has 0 atom stereocenters. The summed E-state index contributed by atoms with van der Waals surface area (Å²) in [5.74, 6) is -0.0205. The zero-order chi connectivity index (χ0) is 14.9. The van der Waals surface area contributed by atoms with Gasteiger partial charge in [-0.3, -0.25) is 4.79 Å². The fraction of sp³-hybridized carbons (Fsp3) is 0.278. The predicted octanol–water partition coefficient (Wildman–Crippen LogP) is 3.08. The summed E-state index contributed by atoms with van der Waals surface area (Å²) in [6.07, 6.45) is 1.11. The maximum Gasteiger partial charge on any atom is 0.251 e. The van der Waals surface area contributed by atoms with Crippen molar-refractivity contribution < 1.29 is 4.79 Å². The van der Waals surface area contributed by atoms with Crippen LogP contribution in [0.25, 0.3) is 11.1 Å². The minimum Gasteiger partial charge on any atom is -0.351 e. The third-order valence-corrected chi connectivity index (χ3v) is 3.27. The quantitative estimate of drug-likeness (QED) is 0.766. The van der Waals surface area contributed by atoms with E-state index in [9.17, 15) is 4.79 Å². The van der Waals surface area contributed by atoms with E-state index >= 15 is 0 Å². The number of carbonyl (C=O) groups is 1. The minimum atomic E-state index is -0.0205. The van der Waals surface area contributed by atoms with E-state index in [1.54, 1.807) is 0 Å². The molecule has 0 fully saturated rings. The van der Waals surface area contributed by atoms with Crippen molar-refractivity contribution in [1.82, 2.24) is 10.6 Å². The topological polar surface area (TPSA) is 41.1 Å². The molecule has 0 unspecified atom stereocenters. The molecule has 21 heavy (non-hydrogen) atoms. The second-order valence-electron chi connectivity index (χ2n) is 4.95. The van der Waals surface area contributed by atoms with Gasteiger partial charge in [0.25, 0.3) is 5.91 Å². The van der Waals surface area contributed by atoms with Gasteiger partial charge < -0.3 is 10.6 Å². The molecule has 0 saturated heterocycles. The van der Waals surface area contributed by atoms with E-state index < -0.39 is 0 Å². The molecular formula is C18H22N2O. The monoisotopic (exact) mass is 282 g/mol. The highest BCUT2D eigenvalue weighted by atomic mass is 16.1. The van der Waals surface area contributed by atoms with E-state index in [2.05, 4.69) is 29.7 Å². The summed E-state index contributed by atoms with van der Waals surface area (Å²) in [6.45, 7) is 4.57. The van der Waals surface area contributed by atoms with Crippen molar-refractivity contribution in [2.45, 2.75) is 13.3 Å². The van der Waals surface area contributed by atoms with Crippen molar-refractivity contribution >= 4 is 5.91 Å². The molecule has 0 saturated carbocycles. The van der Waals surface area contributed by atoms with Crippen LogP contribution in [0.5, 0.6) is 0 Å². The first kappa shape index (κ1) is 15.3. The standard InChI is InChI=1S/C18H22N2O/c1-2-12-19-13-14-20-18(21)17-10-8-16(9-11-17)15-6-4-3-5-7-15/h3-11,19H,2,12-14H2,1H3,(H,20,21). The molecule has 2 aromatic rings. The van der Waals surface area contributed by atoms with Crippen molar-refractivity contribution in [3.05, 3.63) is 60.2 Å². The zero-order valence-corrected chi connectivity index (χ0v) is 12.4. The molecule has 110 valence electrons. The van der Waals surface area contributed by atoms with E-state index in [-0.39, 0.29) is 5.91 Å². The molecule has 3 heteroatoms. The molecule has 3 nitrogen and oxygen atoms in total. The average Bonchev–Trinajstić information content (AvgIpc) is 2.55. The second-order valence-corrected chi connectivity index (χ2v) is 4.95. The van der Waals surface area contributed by atoms with E-state index in [1.807, 2.05) is 42.5 Å². The Labute approximate surface area is 126 Å². The van der Waals surface area contributed by atoms with Gasteiger partial charge in [0.15, 0.2) is 0 Å². The number of benzene rings is 2. The normalized spacial score (nSPS) is 10.3. The van der Waals surface area contributed by atoms with Gasteiger partial charge in [0.05, 0.1) is 0 Å². The summed E-state index contributed by atoms with van der Waals surface area (Å²) in [6, 6.07) is 17.9. The Morgan fingerprint density at radius 3 is 2.19 bits per heavy atom. The number of amides is 1. The molecule has 0 aliphatic carbocycles. The Balaban J connectivity index is 1.88. The molecule has 2 rings (SSSR count). The van der Waals surface area contributed by atoms with Gasteiger partial charge in [0, 0.05) is 18.7 Å². The third kappa shape index (κ3) is 4.72. The lowest BCUT2D eigenvalue weighted by atomic mass is 10.0. The highest BCUT2D eigenvalue weighted by Gasteiger charge is 2.04. The van der Waals surface area contributed by atoms with Crippen molar-refractivity contribution in [3.8, 4) is 11.1 Å². The van der Waals surface area contributed by atoms with Gasteiger partial charge in [0.1, 0.15) is 0 Å². The molecule has 2 aromatic carbocycles. The van der Waals surface area contributed by atoms with Crippen LogP contribution in [0.3, 0.4) is 0 Å². The first-order chi connectivity index (χ1) is 10.3. The van der Waals surface area contributed by atoms with E-state index in [4.69, 9.17) is 0 Å². The predicted molar refractivity (Wildman–Crippen MR) is 87.4 cm³/mol. The van der Waals surface area contributed by atoms with Crippen LogP contribution in [0, 0.1) is 0 Å². The average molecular weight is 282 g/mol. The summed E-state index contributed by atoms with van der Waals surface area (Å²) in [5, 5.41) is 6.17. The molecule has 0 aliphatic rings. The van der Waals surface area contributed by atoms with Gasteiger partial charge in [-0.25, -0.2) is 0 Å². The number of hydrogen-bond acceptors (Lipinski definition) is 2. The van der Waals surface area contributed by atoms with Crippen LogP contribution >= 0.6 is 0 Å². The Bertz CT molecular complexity index is 549. The Hall–Kier alpha value is -2.13. The van der Waals surface area contributed by atoms with Gasteiger partial charge in [-0.15, -0.1) is 0 Å². The van der Waals surface area contributed by atoms with E-state index in [1.165, 1.54) is 0 Å². The molecular weight excluding hydrogens is 260 g/mol. The van der Waals surface area contributed by atoms with Gasteiger partial charge in [-0.1, -0.05) is 49.4 Å². The highest BCUT2D eigenvalue weighted by molar-refractivity contribution is 5.94. The lowest BCUT2D eigenvalue weighted by molar-refractivity contribution is 0.0954. The molecule has 0 bridgehead atoms. The highest BCUT2D eigenvalue weighted by Crippen LogP contribution is 2.19.